The molecule has 2 aliphatic rings. The van der Waals surface area contributed by atoms with Gasteiger partial charge in [-0.05, 0) is 78.5 Å². The number of hydrogen-bond acceptors (Lipinski definition) is 10. The van der Waals surface area contributed by atoms with E-state index in [0.29, 0.717) is 66.1 Å². The van der Waals surface area contributed by atoms with Crippen molar-refractivity contribution >= 4 is 17.7 Å². The maximum Gasteiger partial charge on any atom is 0.429 e. The molecule has 4 heterocycles. The van der Waals surface area contributed by atoms with Crippen molar-refractivity contribution in [2.75, 3.05) is 23.7 Å². The summed E-state index contributed by atoms with van der Waals surface area (Å²) >= 11 is 0. The van der Waals surface area contributed by atoms with Crippen LogP contribution in [0.5, 0.6) is 5.88 Å². The third-order valence-electron chi connectivity index (χ3n) is 9.95. The number of aliphatic carboxylic acids is 1. The van der Waals surface area contributed by atoms with Gasteiger partial charge in [0, 0.05) is 37.0 Å². The van der Waals surface area contributed by atoms with Gasteiger partial charge in [-0.1, -0.05) is 31.2 Å². The van der Waals surface area contributed by atoms with Crippen LogP contribution in [0, 0.1) is 12.3 Å². The molecule has 2 unspecified atom stereocenters. The number of anilines is 2. The van der Waals surface area contributed by atoms with Crippen molar-refractivity contribution in [3.8, 4) is 22.7 Å². The van der Waals surface area contributed by atoms with Crippen LogP contribution in [0.1, 0.15) is 61.1 Å². The van der Waals surface area contributed by atoms with Crippen molar-refractivity contribution in [3.05, 3.63) is 77.1 Å². The van der Waals surface area contributed by atoms with E-state index in [9.17, 15) is 33.3 Å². The lowest BCUT2D eigenvalue weighted by Crippen LogP contribution is -2.46. The molecule has 12 nitrogen and oxygen atoms in total. The highest BCUT2D eigenvalue weighted by atomic mass is 19.4. The van der Waals surface area contributed by atoms with E-state index in [1.807, 2.05) is 11.8 Å². The normalized spacial score (nSPS) is 19.5. The number of nitrogens with one attached hydrogen (secondary N) is 1. The van der Waals surface area contributed by atoms with Gasteiger partial charge in [0.05, 0.1) is 24.6 Å². The lowest BCUT2D eigenvalue weighted by atomic mass is 9.71. The van der Waals surface area contributed by atoms with Crippen LogP contribution in [0.25, 0.3) is 16.8 Å². The zero-order chi connectivity index (χ0) is 35.8. The monoisotopic (exact) mass is 695 g/mol. The van der Waals surface area contributed by atoms with E-state index in [2.05, 4.69) is 20.4 Å². The van der Waals surface area contributed by atoms with Crippen molar-refractivity contribution in [1.82, 2.24) is 25.1 Å². The van der Waals surface area contributed by atoms with Crippen LogP contribution in [0.2, 0.25) is 0 Å². The molecular weight excluding hydrogens is 655 g/mol. The molecule has 0 saturated carbocycles. The molecule has 2 aromatic heterocycles. The Labute approximate surface area is 286 Å². The van der Waals surface area contributed by atoms with Gasteiger partial charge >= 0.3 is 12.1 Å². The standard InChI is InChI=1S/C35H40F3N7O5/c1-3-28-34(17-26(40-28)32(48)49)9-12-44(13-10-34)29-16-30(42-33(39)41-29)50-31(35(36,37)38)25-7-6-22(15-27(25)45-11-8-20(2)43-45)21-4-5-23(18-46)24(14-21)19-47/h4-8,11,14-16,26,28,31,40,46-47H,3,9-10,12-13,17-19H2,1-2H3,(H,48,49)(H2,39,41,42)/t26?,28?,31-/m0/s1. The fourth-order valence-electron chi connectivity index (χ4n) is 7.35. The predicted molar refractivity (Wildman–Crippen MR) is 179 cm³/mol. The van der Waals surface area contributed by atoms with E-state index in [4.69, 9.17) is 10.5 Å². The number of nitrogens with zero attached hydrogens (tertiary/aromatic N) is 5. The molecule has 2 aromatic carbocycles. The zero-order valence-corrected chi connectivity index (χ0v) is 27.7. The SMILES string of the molecule is CCC1NC(C(=O)O)CC12CCN(c1cc(O[C@@H](c3ccc(-c4ccc(CO)c(CO)c4)cc3-n3ccc(C)n3)C(F)(F)F)nc(N)n1)CC2. The average molecular weight is 696 g/mol. The highest BCUT2D eigenvalue weighted by molar-refractivity contribution is 5.74. The maximum absolute atomic E-state index is 14.9. The number of halogens is 3. The Morgan fingerprint density at radius 3 is 2.38 bits per heavy atom. The summed E-state index contributed by atoms with van der Waals surface area (Å²) in [4.78, 5) is 22.0. The summed E-state index contributed by atoms with van der Waals surface area (Å²) in [5.41, 5.74) is 8.53. The summed E-state index contributed by atoms with van der Waals surface area (Å²) in [6, 6.07) is 11.9. The van der Waals surface area contributed by atoms with Crippen molar-refractivity contribution < 1.29 is 38.0 Å². The smallest absolute Gasteiger partial charge is 0.429 e. The van der Waals surface area contributed by atoms with Crippen LogP contribution in [0.15, 0.2) is 54.7 Å². The minimum atomic E-state index is -4.88. The Kier molecular flexibility index (Phi) is 9.75. The molecule has 0 amide bonds. The molecule has 6 N–H and O–H groups in total. The van der Waals surface area contributed by atoms with E-state index in [0.717, 1.165) is 6.42 Å². The first kappa shape index (κ1) is 35.1. The van der Waals surface area contributed by atoms with Crippen LogP contribution >= 0.6 is 0 Å². The van der Waals surface area contributed by atoms with Crippen LogP contribution in [-0.4, -0.2) is 72.4 Å². The molecule has 50 heavy (non-hydrogen) atoms. The van der Waals surface area contributed by atoms with Crippen LogP contribution in [0.3, 0.4) is 0 Å². The lowest BCUT2D eigenvalue weighted by molar-refractivity contribution is -0.198. The molecule has 4 aromatic rings. The van der Waals surface area contributed by atoms with Gasteiger partial charge in [0.15, 0.2) is 0 Å². The molecule has 266 valence electrons. The number of carbonyl (C=O) groups is 1. The molecule has 0 aliphatic carbocycles. The number of rotatable bonds is 10. The Morgan fingerprint density at radius 2 is 1.76 bits per heavy atom. The van der Waals surface area contributed by atoms with Gasteiger partial charge in [-0.15, -0.1) is 0 Å². The Balaban J connectivity index is 1.31. The van der Waals surface area contributed by atoms with Gasteiger partial charge in [0.25, 0.3) is 0 Å². The van der Waals surface area contributed by atoms with E-state index < -0.39 is 24.3 Å². The molecule has 0 radical (unpaired) electrons. The van der Waals surface area contributed by atoms with Gasteiger partial charge in [0.2, 0.25) is 17.9 Å². The summed E-state index contributed by atoms with van der Waals surface area (Å²) in [7, 11) is 0. The zero-order valence-electron chi connectivity index (χ0n) is 27.7. The molecule has 15 heteroatoms. The van der Waals surface area contributed by atoms with Gasteiger partial charge in [-0.25, -0.2) is 4.68 Å². The second-order valence-electron chi connectivity index (χ2n) is 13.0. The van der Waals surface area contributed by atoms with Crippen molar-refractivity contribution in [1.29, 1.82) is 0 Å². The molecule has 2 fully saturated rings. The summed E-state index contributed by atoms with van der Waals surface area (Å²) in [5.74, 6) is -1.15. The maximum atomic E-state index is 14.9. The van der Waals surface area contributed by atoms with Gasteiger partial charge < -0.3 is 36.0 Å². The number of nitrogens with two attached hydrogens (primary N) is 1. The highest BCUT2D eigenvalue weighted by Gasteiger charge is 2.50. The van der Waals surface area contributed by atoms with Crippen molar-refractivity contribution in [2.45, 2.75) is 77.1 Å². The third kappa shape index (κ3) is 6.98. The van der Waals surface area contributed by atoms with E-state index >= 15 is 0 Å². The fourth-order valence-corrected chi connectivity index (χ4v) is 7.35. The minimum absolute atomic E-state index is 0.0449. The predicted octanol–water partition coefficient (Wildman–Crippen LogP) is 4.70. The number of benzene rings is 2. The number of aromatic nitrogens is 4. The second-order valence-corrected chi connectivity index (χ2v) is 13.0. The topological polar surface area (TPSA) is 172 Å². The molecule has 0 bridgehead atoms. The largest absolute Gasteiger partial charge is 0.480 e. The number of hydrogen-bond donors (Lipinski definition) is 5. The Hall–Kier alpha value is -4.73. The summed E-state index contributed by atoms with van der Waals surface area (Å²) in [6.45, 7) is 4.17. The molecular formula is C35H40F3N7O5. The van der Waals surface area contributed by atoms with E-state index in [1.54, 1.807) is 43.5 Å². The van der Waals surface area contributed by atoms with Crippen molar-refractivity contribution in [3.63, 3.8) is 0 Å². The summed E-state index contributed by atoms with van der Waals surface area (Å²) in [6.07, 6.45) is -3.14. The number of piperidine rings is 1. The van der Waals surface area contributed by atoms with Crippen molar-refractivity contribution in [2.24, 2.45) is 5.41 Å². The average Bonchev–Trinajstić information content (AvgIpc) is 3.69. The first-order chi connectivity index (χ1) is 23.8. The number of aliphatic hydroxyl groups excluding tert-OH is 2. The lowest BCUT2D eigenvalue weighted by Gasteiger charge is -2.43. The quantitative estimate of drug-likeness (QED) is 0.156. The van der Waals surface area contributed by atoms with E-state index in [1.165, 1.54) is 22.9 Å². The van der Waals surface area contributed by atoms with Crippen LogP contribution in [-0.2, 0) is 18.0 Å². The van der Waals surface area contributed by atoms with Gasteiger partial charge in [-0.3, -0.25) is 4.79 Å². The summed E-state index contributed by atoms with van der Waals surface area (Å²) < 4.78 is 51.8. The Morgan fingerprint density at radius 1 is 1.06 bits per heavy atom. The number of carboxylic acid groups (broad SMARTS) is 1. The van der Waals surface area contributed by atoms with Crippen LogP contribution in [0.4, 0.5) is 24.9 Å². The molecule has 2 saturated heterocycles. The molecule has 1 spiro atoms. The first-order valence-corrected chi connectivity index (χ1v) is 16.5. The summed E-state index contributed by atoms with van der Waals surface area (Å²) in [5, 5.41) is 36.7. The number of aliphatic hydroxyl groups is 2. The molecule has 3 atom stereocenters. The number of alkyl halides is 3. The second kappa shape index (κ2) is 13.9. The number of carboxylic acids is 1. The fraction of sp³-hybridized carbons (Fsp3) is 0.429. The van der Waals surface area contributed by atoms with Crippen LogP contribution < -0.4 is 20.7 Å². The highest BCUT2D eigenvalue weighted by Crippen LogP contribution is 2.46. The van der Waals surface area contributed by atoms with Gasteiger partial charge in [0.1, 0.15) is 11.9 Å². The van der Waals surface area contributed by atoms with E-state index in [-0.39, 0.29) is 47.7 Å². The number of ether oxygens (including phenoxy) is 1. The molecule has 6 rings (SSSR count). The minimum Gasteiger partial charge on any atom is -0.480 e. The molecule has 2 aliphatic heterocycles. The number of aryl methyl sites for hydroxylation is 1. The third-order valence-corrected chi connectivity index (χ3v) is 9.95. The van der Waals surface area contributed by atoms with Gasteiger partial charge in [-0.2, -0.15) is 28.2 Å². The first-order valence-electron chi connectivity index (χ1n) is 16.5. The Bertz CT molecular complexity index is 1860. The number of nitrogen functional groups attached to an aromatic ring is 1.